The molecule has 44 heavy (non-hydrogen) atoms. The van der Waals surface area contributed by atoms with Gasteiger partial charge >= 0.3 is 5.97 Å². The van der Waals surface area contributed by atoms with Crippen molar-refractivity contribution in [3.63, 3.8) is 0 Å². The topological polar surface area (TPSA) is 170 Å². The average Bonchev–Trinajstić information content (AvgIpc) is 3.55. The third kappa shape index (κ3) is 9.80. The van der Waals surface area contributed by atoms with Gasteiger partial charge in [-0.15, -0.1) is 11.3 Å². The molecule has 0 radical (unpaired) electrons. The normalized spacial score (nSPS) is 10.3. The van der Waals surface area contributed by atoms with Gasteiger partial charge in [-0.3, -0.25) is 19.4 Å². The maximum Gasteiger partial charge on any atom is 0.322 e. The van der Waals surface area contributed by atoms with Crippen LogP contribution < -0.4 is 15.8 Å². The lowest BCUT2D eigenvalue weighted by atomic mass is 10.3. The van der Waals surface area contributed by atoms with Crippen LogP contribution in [0.1, 0.15) is 21.0 Å². The molecule has 0 aliphatic heterocycles. The summed E-state index contributed by atoms with van der Waals surface area (Å²) >= 11 is 5.63. The van der Waals surface area contributed by atoms with E-state index in [1.54, 1.807) is 49.4 Å². The molecule has 0 aliphatic carbocycles. The molecule has 0 atom stereocenters. The van der Waals surface area contributed by atoms with E-state index in [0.717, 1.165) is 24.8 Å². The number of hydrogen-bond donors (Lipinski definition) is 3. The highest BCUT2D eigenvalue weighted by Gasteiger charge is 2.17. The van der Waals surface area contributed by atoms with E-state index in [4.69, 9.17) is 15.6 Å². The molecule has 11 nitrogen and oxygen atoms in total. The van der Waals surface area contributed by atoms with E-state index in [1.165, 1.54) is 46.6 Å². The number of carboxylic acid groups (broad SMARTS) is 1. The van der Waals surface area contributed by atoms with E-state index in [9.17, 15) is 14.4 Å². The minimum atomic E-state index is -1.12. The van der Waals surface area contributed by atoms with Crippen LogP contribution in [-0.4, -0.2) is 56.5 Å². The number of rotatable bonds is 11. The van der Waals surface area contributed by atoms with Gasteiger partial charge in [0.15, 0.2) is 0 Å². The summed E-state index contributed by atoms with van der Waals surface area (Å²) in [6, 6.07) is 20.1. The molecule has 15 heteroatoms. The summed E-state index contributed by atoms with van der Waals surface area (Å²) in [5.74, 6) is -1.45. The number of carbonyl (C=O) groups excluding carboxylic acids is 2. The van der Waals surface area contributed by atoms with Gasteiger partial charge in [0.1, 0.15) is 33.7 Å². The first-order valence-corrected chi connectivity index (χ1v) is 15.9. The zero-order chi connectivity index (χ0) is 31.3. The number of hydrogen-bond acceptors (Lipinski definition) is 12. The van der Waals surface area contributed by atoms with Crippen LogP contribution in [-0.2, 0) is 4.79 Å². The number of carboxylic acids is 1. The number of methoxy groups -OCH3 is 1. The van der Waals surface area contributed by atoms with Crippen molar-refractivity contribution in [2.45, 2.75) is 28.9 Å². The second kappa shape index (κ2) is 16.4. The molecule has 2 amide bonds. The maximum absolute atomic E-state index is 12.6. The third-order valence-corrected chi connectivity index (χ3v) is 9.11. The van der Waals surface area contributed by atoms with Crippen LogP contribution in [0.5, 0.6) is 5.75 Å². The fourth-order valence-electron chi connectivity index (χ4n) is 3.28. The number of benzene rings is 1. The van der Waals surface area contributed by atoms with E-state index >= 15 is 0 Å². The predicted molar refractivity (Wildman–Crippen MR) is 169 cm³/mol. The van der Waals surface area contributed by atoms with Crippen LogP contribution in [0, 0.1) is 0 Å². The maximum atomic E-state index is 12.6. The van der Waals surface area contributed by atoms with Gasteiger partial charge in [-0.05, 0) is 60.7 Å². The number of thiazole rings is 1. The number of ether oxygens (including phenoxy) is 1. The van der Waals surface area contributed by atoms with Crippen LogP contribution >= 0.6 is 46.6 Å². The molecule has 0 unspecified atom stereocenters. The van der Waals surface area contributed by atoms with Crippen LogP contribution in [0.25, 0.3) is 0 Å². The van der Waals surface area contributed by atoms with Crippen LogP contribution in [0.15, 0.2) is 120 Å². The quantitative estimate of drug-likeness (QED) is 0.165. The Morgan fingerprint density at radius 1 is 0.886 bits per heavy atom. The molecule has 0 bridgehead atoms. The number of nitrogens with two attached hydrogens (primary N) is 1. The van der Waals surface area contributed by atoms with Crippen molar-refractivity contribution >= 4 is 64.4 Å². The summed E-state index contributed by atoms with van der Waals surface area (Å²) in [6.07, 6.45) is 4.97. The van der Waals surface area contributed by atoms with E-state index < -0.39 is 24.3 Å². The summed E-state index contributed by atoms with van der Waals surface area (Å²) in [6.45, 7) is -0.481. The Balaban J connectivity index is 0.000000246. The zero-order valence-electron chi connectivity index (χ0n) is 22.9. The monoisotopic (exact) mass is 664 g/mol. The van der Waals surface area contributed by atoms with Crippen LogP contribution in [0.4, 0.5) is 0 Å². The molecule has 0 fully saturated rings. The van der Waals surface area contributed by atoms with Gasteiger partial charge in [0.25, 0.3) is 11.8 Å². The van der Waals surface area contributed by atoms with Gasteiger partial charge in [-0.25, -0.2) is 15.0 Å². The fraction of sp³-hybridized carbons (Fsp3) is 0.0690. The van der Waals surface area contributed by atoms with E-state index in [0.29, 0.717) is 15.6 Å². The highest BCUT2D eigenvalue weighted by Crippen LogP contribution is 2.34. The number of primary amides is 1. The summed E-state index contributed by atoms with van der Waals surface area (Å²) in [4.78, 5) is 53.3. The Kier molecular flexibility index (Phi) is 12.1. The van der Waals surface area contributed by atoms with Crippen LogP contribution in [0.2, 0.25) is 0 Å². The van der Waals surface area contributed by atoms with E-state index in [2.05, 4.69) is 25.3 Å². The average molecular weight is 665 g/mol. The first-order valence-electron chi connectivity index (χ1n) is 12.6. The van der Waals surface area contributed by atoms with E-state index in [-0.39, 0.29) is 5.69 Å². The van der Waals surface area contributed by atoms with Crippen molar-refractivity contribution in [1.29, 1.82) is 0 Å². The van der Waals surface area contributed by atoms with Crippen molar-refractivity contribution in [1.82, 2.24) is 25.3 Å². The lowest BCUT2D eigenvalue weighted by Crippen LogP contribution is -2.30. The second-order valence-corrected chi connectivity index (χ2v) is 12.6. The van der Waals surface area contributed by atoms with Gasteiger partial charge in [0, 0.05) is 27.1 Å². The van der Waals surface area contributed by atoms with Crippen LogP contribution in [0.3, 0.4) is 0 Å². The second-order valence-electron chi connectivity index (χ2n) is 8.26. The summed E-state index contributed by atoms with van der Waals surface area (Å²) < 4.78 is 6.16. The van der Waals surface area contributed by atoms with Crippen molar-refractivity contribution < 1.29 is 24.2 Å². The van der Waals surface area contributed by atoms with Crippen molar-refractivity contribution in [2.24, 2.45) is 5.73 Å². The number of nitrogens with zero attached hydrogens (tertiary/aromatic N) is 4. The lowest BCUT2D eigenvalue weighted by Gasteiger charge is -2.10. The molecule has 0 spiro atoms. The number of aromatic nitrogens is 4. The largest absolute Gasteiger partial charge is 0.497 e. The molecule has 4 heterocycles. The molecule has 0 aliphatic rings. The molecular weight excluding hydrogens is 641 g/mol. The number of aliphatic carboxylic acids is 1. The van der Waals surface area contributed by atoms with Gasteiger partial charge < -0.3 is 20.9 Å². The van der Waals surface area contributed by atoms with Gasteiger partial charge in [0.2, 0.25) is 0 Å². The van der Waals surface area contributed by atoms with Gasteiger partial charge in [0.05, 0.1) is 23.0 Å². The third-order valence-electron chi connectivity index (χ3n) is 5.21. The molecule has 224 valence electrons. The summed E-state index contributed by atoms with van der Waals surface area (Å²) in [5, 5.41) is 12.6. The fourth-order valence-corrected chi connectivity index (χ4v) is 6.59. The Morgan fingerprint density at radius 2 is 1.66 bits per heavy atom. The molecule has 5 aromatic rings. The highest BCUT2D eigenvalue weighted by atomic mass is 32.2. The molecule has 0 saturated carbocycles. The lowest BCUT2D eigenvalue weighted by molar-refractivity contribution is -0.135. The standard InChI is InChI=1S/C20H17N3O4S2.C9H7N3OS2/c1-27-13-5-7-14(8-6-13)28-15-9-10-17(29-16-4-2-3-11-21-16)23-19(15)20(26)22-12-18(24)25;10-9(13)8-6(2-1-3-12-8)15-7-4-11-5-14-7/h2-11H,12H2,1H3,(H,22,26)(H,24,25);1-5H,(H2,10,13). The van der Waals surface area contributed by atoms with Gasteiger partial charge in [-0.2, -0.15) is 0 Å². The molecule has 1 aromatic carbocycles. The first kappa shape index (κ1) is 32.5. The molecular formula is C29H24N6O5S4. The predicted octanol–water partition coefficient (Wildman–Crippen LogP) is 5.39. The SMILES string of the molecule is COc1ccc(Sc2ccc(Sc3ccccn3)nc2C(=O)NCC(=O)O)cc1.NC(=O)c1ncccc1Sc1cncs1. The minimum Gasteiger partial charge on any atom is -0.497 e. The number of nitrogens with one attached hydrogen (secondary N) is 1. The minimum absolute atomic E-state index is 0.160. The molecule has 0 saturated heterocycles. The molecule has 4 N–H and O–H groups in total. The Bertz CT molecular complexity index is 1710. The highest BCUT2D eigenvalue weighted by molar-refractivity contribution is 8.01. The van der Waals surface area contributed by atoms with Crippen molar-refractivity contribution in [3.8, 4) is 5.75 Å². The van der Waals surface area contributed by atoms with Gasteiger partial charge in [-0.1, -0.05) is 41.4 Å². The Morgan fingerprint density at radius 3 is 2.32 bits per heavy atom. The Hall–Kier alpha value is -4.44. The molecule has 5 rings (SSSR count). The number of amides is 2. The smallest absolute Gasteiger partial charge is 0.322 e. The Labute approximate surface area is 269 Å². The number of pyridine rings is 3. The van der Waals surface area contributed by atoms with Crippen molar-refractivity contribution in [3.05, 3.63) is 102 Å². The summed E-state index contributed by atoms with van der Waals surface area (Å²) in [5.41, 5.74) is 7.42. The summed E-state index contributed by atoms with van der Waals surface area (Å²) in [7, 11) is 1.59. The first-order chi connectivity index (χ1) is 21.3. The van der Waals surface area contributed by atoms with E-state index in [1.807, 2.05) is 48.5 Å². The number of carbonyl (C=O) groups is 3. The van der Waals surface area contributed by atoms with Crippen molar-refractivity contribution in [2.75, 3.05) is 13.7 Å². The molecule has 4 aromatic heterocycles. The zero-order valence-corrected chi connectivity index (χ0v) is 26.2.